The summed E-state index contributed by atoms with van der Waals surface area (Å²) in [7, 11) is 0. The van der Waals surface area contributed by atoms with Crippen molar-refractivity contribution in [2.45, 2.75) is 52.4 Å². The lowest BCUT2D eigenvalue weighted by Gasteiger charge is -2.54. The van der Waals surface area contributed by atoms with Crippen molar-refractivity contribution in [3.63, 3.8) is 0 Å². The van der Waals surface area contributed by atoms with Crippen molar-refractivity contribution in [3.8, 4) is 0 Å². The molecule has 0 bridgehead atoms. The van der Waals surface area contributed by atoms with E-state index in [9.17, 15) is 9.18 Å². The van der Waals surface area contributed by atoms with Crippen LogP contribution >= 0.6 is 0 Å². The number of benzene rings is 1. The maximum absolute atomic E-state index is 13.1. The van der Waals surface area contributed by atoms with Crippen molar-refractivity contribution < 1.29 is 9.18 Å². The average Bonchev–Trinajstić information content (AvgIpc) is 2.38. The molecule has 1 aromatic rings. The Morgan fingerprint density at radius 2 is 1.74 bits per heavy atom. The van der Waals surface area contributed by atoms with Gasteiger partial charge in [-0.05, 0) is 41.9 Å². The molecule has 0 amide bonds. The van der Waals surface area contributed by atoms with E-state index >= 15 is 0 Å². The lowest BCUT2D eigenvalue weighted by Crippen LogP contribution is -2.56. The van der Waals surface area contributed by atoms with Gasteiger partial charge in [-0.1, -0.05) is 39.8 Å². The zero-order valence-corrected chi connectivity index (χ0v) is 12.3. The standard InChI is InChI=1S/C17H23FO/c1-5-17(6-2)14(11-15(17)19)16(3,4)12-7-9-13(18)10-8-12/h7-10,14H,5-6,11H2,1-4H3. The summed E-state index contributed by atoms with van der Waals surface area (Å²) in [5.74, 6) is 0.548. The first-order valence-corrected chi connectivity index (χ1v) is 7.17. The van der Waals surface area contributed by atoms with Crippen molar-refractivity contribution >= 4 is 5.78 Å². The topological polar surface area (TPSA) is 17.1 Å². The fourth-order valence-corrected chi connectivity index (χ4v) is 3.81. The number of ketones is 1. The van der Waals surface area contributed by atoms with Gasteiger partial charge in [0.05, 0.1) is 0 Å². The van der Waals surface area contributed by atoms with Crippen LogP contribution < -0.4 is 0 Å². The Morgan fingerprint density at radius 1 is 1.21 bits per heavy atom. The van der Waals surface area contributed by atoms with Gasteiger partial charge in [0.2, 0.25) is 0 Å². The smallest absolute Gasteiger partial charge is 0.139 e. The molecule has 1 saturated carbocycles. The van der Waals surface area contributed by atoms with E-state index in [1.807, 2.05) is 12.1 Å². The summed E-state index contributed by atoms with van der Waals surface area (Å²) in [5.41, 5.74) is 0.864. The third-order valence-electron chi connectivity index (χ3n) is 5.33. The molecule has 0 aromatic heterocycles. The van der Waals surface area contributed by atoms with Gasteiger partial charge in [-0.2, -0.15) is 0 Å². The molecule has 1 aliphatic carbocycles. The summed E-state index contributed by atoms with van der Waals surface area (Å²) in [6, 6.07) is 6.73. The highest BCUT2D eigenvalue weighted by Gasteiger charge is 2.57. The number of hydrogen-bond acceptors (Lipinski definition) is 1. The summed E-state index contributed by atoms with van der Waals surface area (Å²) < 4.78 is 13.1. The van der Waals surface area contributed by atoms with Crippen LogP contribution in [0.1, 0.15) is 52.5 Å². The van der Waals surface area contributed by atoms with Gasteiger partial charge in [0.15, 0.2) is 0 Å². The van der Waals surface area contributed by atoms with E-state index in [4.69, 9.17) is 0 Å². The minimum Gasteiger partial charge on any atom is -0.299 e. The van der Waals surface area contributed by atoms with Gasteiger partial charge in [-0.15, -0.1) is 0 Å². The molecule has 1 atom stereocenters. The quantitative estimate of drug-likeness (QED) is 0.781. The van der Waals surface area contributed by atoms with Crippen molar-refractivity contribution in [1.29, 1.82) is 0 Å². The van der Waals surface area contributed by atoms with Crippen molar-refractivity contribution in [2.75, 3.05) is 0 Å². The van der Waals surface area contributed by atoms with Gasteiger partial charge in [0, 0.05) is 11.8 Å². The van der Waals surface area contributed by atoms with Crippen LogP contribution in [-0.2, 0) is 10.2 Å². The third kappa shape index (κ3) is 2.01. The summed E-state index contributed by atoms with van der Waals surface area (Å²) in [4.78, 5) is 12.1. The first-order valence-electron chi connectivity index (χ1n) is 7.17. The number of hydrogen-bond donors (Lipinski definition) is 0. The van der Waals surface area contributed by atoms with Crippen LogP contribution in [0.5, 0.6) is 0 Å². The normalized spacial score (nSPS) is 22.2. The molecule has 19 heavy (non-hydrogen) atoms. The monoisotopic (exact) mass is 262 g/mol. The Morgan fingerprint density at radius 3 is 2.16 bits per heavy atom. The van der Waals surface area contributed by atoms with Gasteiger partial charge in [0.1, 0.15) is 11.6 Å². The van der Waals surface area contributed by atoms with Gasteiger partial charge in [-0.3, -0.25) is 4.79 Å². The highest BCUT2D eigenvalue weighted by Crippen LogP contribution is 2.56. The van der Waals surface area contributed by atoms with Crippen LogP contribution in [0.4, 0.5) is 4.39 Å². The molecule has 0 heterocycles. The summed E-state index contributed by atoms with van der Waals surface area (Å²) in [6.07, 6.45) is 2.46. The molecule has 0 radical (unpaired) electrons. The number of halogens is 1. The van der Waals surface area contributed by atoms with E-state index < -0.39 is 0 Å². The molecule has 2 rings (SSSR count). The summed E-state index contributed by atoms with van der Waals surface area (Å²) >= 11 is 0. The fourth-order valence-electron chi connectivity index (χ4n) is 3.81. The first-order chi connectivity index (χ1) is 8.88. The SMILES string of the molecule is CCC1(CC)C(=O)CC1C(C)(C)c1ccc(F)cc1. The molecule has 1 aliphatic rings. The first kappa shape index (κ1) is 14.2. The van der Waals surface area contributed by atoms with Crippen LogP contribution in [0.25, 0.3) is 0 Å². The van der Waals surface area contributed by atoms with Gasteiger partial charge < -0.3 is 0 Å². The van der Waals surface area contributed by atoms with Gasteiger partial charge in [-0.25, -0.2) is 4.39 Å². The highest BCUT2D eigenvalue weighted by molar-refractivity contribution is 5.92. The Balaban J connectivity index is 2.35. The maximum Gasteiger partial charge on any atom is 0.139 e. The Labute approximate surface area is 115 Å². The second-order valence-corrected chi connectivity index (χ2v) is 6.27. The predicted octanol–water partition coefficient (Wildman–Crippen LogP) is 4.50. The van der Waals surface area contributed by atoms with Crippen LogP contribution in [0.2, 0.25) is 0 Å². The second-order valence-electron chi connectivity index (χ2n) is 6.27. The Kier molecular flexibility index (Phi) is 3.55. The predicted molar refractivity (Wildman–Crippen MR) is 75.6 cm³/mol. The van der Waals surface area contributed by atoms with Crippen LogP contribution in [-0.4, -0.2) is 5.78 Å². The van der Waals surface area contributed by atoms with E-state index in [1.165, 1.54) is 12.1 Å². The molecule has 0 spiro atoms. The Hall–Kier alpha value is -1.18. The van der Waals surface area contributed by atoms with Crippen LogP contribution in [0, 0.1) is 17.2 Å². The molecule has 104 valence electrons. The van der Waals surface area contributed by atoms with Crippen LogP contribution in [0.15, 0.2) is 24.3 Å². The molecule has 2 heteroatoms. The highest BCUT2D eigenvalue weighted by atomic mass is 19.1. The third-order valence-corrected chi connectivity index (χ3v) is 5.33. The van der Waals surface area contributed by atoms with E-state index in [0.717, 1.165) is 18.4 Å². The molecule has 1 aromatic carbocycles. The van der Waals surface area contributed by atoms with Crippen molar-refractivity contribution in [1.82, 2.24) is 0 Å². The molecule has 1 unspecified atom stereocenters. The van der Waals surface area contributed by atoms with E-state index in [0.29, 0.717) is 18.1 Å². The van der Waals surface area contributed by atoms with E-state index in [1.54, 1.807) is 0 Å². The number of carbonyl (C=O) groups excluding carboxylic acids is 1. The zero-order valence-electron chi connectivity index (χ0n) is 12.3. The maximum atomic E-state index is 13.1. The summed E-state index contributed by atoms with van der Waals surface area (Å²) in [5, 5.41) is 0. The molecule has 0 aliphatic heterocycles. The molecule has 1 fully saturated rings. The van der Waals surface area contributed by atoms with E-state index in [-0.39, 0.29) is 16.6 Å². The largest absolute Gasteiger partial charge is 0.299 e. The van der Waals surface area contributed by atoms with Crippen molar-refractivity contribution in [3.05, 3.63) is 35.6 Å². The fraction of sp³-hybridized carbons (Fsp3) is 0.588. The minimum absolute atomic E-state index is 0.0897. The average molecular weight is 262 g/mol. The van der Waals surface area contributed by atoms with Crippen molar-refractivity contribution in [2.24, 2.45) is 11.3 Å². The molecule has 0 saturated heterocycles. The lowest BCUT2D eigenvalue weighted by molar-refractivity contribution is -0.152. The molecular weight excluding hydrogens is 239 g/mol. The number of rotatable bonds is 4. The van der Waals surface area contributed by atoms with Gasteiger partial charge in [0.25, 0.3) is 0 Å². The van der Waals surface area contributed by atoms with Crippen LogP contribution in [0.3, 0.4) is 0 Å². The molecule has 1 nitrogen and oxygen atoms in total. The van der Waals surface area contributed by atoms with E-state index in [2.05, 4.69) is 27.7 Å². The summed E-state index contributed by atoms with van der Waals surface area (Å²) in [6.45, 7) is 8.57. The number of carbonyl (C=O) groups is 1. The Bertz CT molecular complexity index is 469. The minimum atomic E-state index is -0.207. The molecule has 0 N–H and O–H groups in total. The van der Waals surface area contributed by atoms with Gasteiger partial charge >= 0.3 is 0 Å². The molecular formula is C17H23FO. The lowest BCUT2D eigenvalue weighted by atomic mass is 9.47. The zero-order chi connectivity index (χ0) is 14.3. The second kappa shape index (κ2) is 4.73. The number of Topliss-reactive ketones (excluding diaryl/α,β-unsaturated/α-hetero) is 1.